The Labute approximate surface area is 76.7 Å². The molecule has 0 bridgehead atoms. The van der Waals surface area contributed by atoms with E-state index < -0.39 is 6.09 Å². The van der Waals surface area contributed by atoms with Crippen molar-refractivity contribution >= 4 is 6.09 Å². The van der Waals surface area contributed by atoms with Crippen LogP contribution in [0.1, 0.15) is 19.3 Å². The number of hydrogen-bond acceptors (Lipinski definition) is 3. The summed E-state index contributed by atoms with van der Waals surface area (Å²) in [5.74, 6) is 0. The number of amides is 1. The van der Waals surface area contributed by atoms with Gasteiger partial charge in [0.25, 0.3) is 0 Å². The first-order valence-corrected chi connectivity index (χ1v) is 4.57. The van der Waals surface area contributed by atoms with Crippen molar-refractivity contribution in [3.05, 3.63) is 0 Å². The summed E-state index contributed by atoms with van der Waals surface area (Å²) < 4.78 is 0. The van der Waals surface area contributed by atoms with Crippen molar-refractivity contribution in [2.45, 2.75) is 36.9 Å². The van der Waals surface area contributed by atoms with Crippen LogP contribution in [0, 0.1) is 0 Å². The summed E-state index contributed by atoms with van der Waals surface area (Å²) in [6, 6.07) is -0.250. The van der Waals surface area contributed by atoms with Crippen molar-refractivity contribution in [2.24, 2.45) is 11.5 Å². The fourth-order valence-corrected chi connectivity index (χ4v) is 2.14. The molecule has 1 saturated heterocycles. The van der Waals surface area contributed by atoms with Gasteiger partial charge in [-0.05, 0) is 19.3 Å². The Bertz CT molecular complexity index is 240. The van der Waals surface area contributed by atoms with E-state index in [4.69, 9.17) is 16.6 Å². The number of carbonyl (C=O) groups is 1. The van der Waals surface area contributed by atoms with Crippen LogP contribution in [-0.4, -0.2) is 40.3 Å². The van der Waals surface area contributed by atoms with Crippen molar-refractivity contribution in [2.75, 3.05) is 6.54 Å². The minimum Gasteiger partial charge on any atom is -0.465 e. The Morgan fingerprint density at radius 2 is 2.00 bits per heavy atom. The van der Waals surface area contributed by atoms with Crippen LogP contribution in [0.2, 0.25) is 0 Å². The molecule has 0 aromatic heterocycles. The summed E-state index contributed by atoms with van der Waals surface area (Å²) in [7, 11) is 0. The van der Waals surface area contributed by atoms with Gasteiger partial charge in [-0.3, -0.25) is 0 Å². The average molecular weight is 185 g/mol. The second-order valence-electron chi connectivity index (χ2n) is 4.15. The van der Waals surface area contributed by atoms with Gasteiger partial charge in [0, 0.05) is 24.2 Å². The molecule has 1 spiro atoms. The molecule has 0 radical (unpaired) electrons. The fourth-order valence-electron chi connectivity index (χ4n) is 2.14. The van der Waals surface area contributed by atoms with E-state index in [1.165, 1.54) is 4.90 Å². The number of hydrogen-bond donors (Lipinski definition) is 3. The molecule has 2 atom stereocenters. The van der Waals surface area contributed by atoms with Gasteiger partial charge in [-0.25, -0.2) is 4.79 Å². The van der Waals surface area contributed by atoms with E-state index in [0.29, 0.717) is 6.54 Å². The van der Waals surface area contributed by atoms with E-state index in [1.54, 1.807) is 0 Å². The maximum absolute atomic E-state index is 10.9. The van der Waals surface area contributed by atoms with Crippen molar-refractivity contribution < 1.29 is 9.90 Å². The maximum atomic E-state index is 10.9. The normalized spacial score (nSPS) is 36.3. The average Bonchev–Trinajstić information content (AvgIpc) is 2.78. The van der Waals surface area contributed by atoms with Gasteiger partial charge >= 0.3 is 6.09 Å². The largest absolute Gasteiger partial charge is 0.465 e. The quantitative estimate of drug-likeness (QED) is 0.477. The molecule has 1 aliphatic heterocycles. The summed E-state index contributed by atoms with van der Waals surface area (Å²) >= 11 is 0. The molecule has 2 fully saturated rings. The smallest absolute Gasteiger partial charge is 0.407 e. The van der Waals surface area contributed by atoms with Crippen LogP contribution in [0.5, 0.6) is 0 Å². The number of likely N-dealkylation sites (tertiary alicyclic amines) is 1. The predicted octanol–water partition coefficient (Wildman–Crippen LogP) is -0.443. The third kappa shape index (κ3) is 1.28. The minimum absolute atomic E-state index is 0.0434. The number of carboxylic acid groups (broad SMARTS) is 1. The Balaban J connectivity index is 2.14. The van der Waals surface area contributed by atoms with Crippen LogP contribution < -0.4 is 11.5 Å². The molecule has 1 amide bonds. The third-order valence-electron chi connectivity index (χ3n) is 3.19. The van der Waals surface area contributed by atoms with E-state index in [-0.39, 0.29) is 17.6 Å². The van der Waals surface area contributed by atoms with E-state index in [9.17, 15) is 4.79 Å². The highest BCUT2D eigenvalue weighted by Gasteiger charge is 2.54. The zero-order valence-corrected chi connectivity index (χ0v) is 7.44. The molecular weight excluding hydrogens is 170 g/mol. The number of piperidine rings is 1. The Morgan fingerprint density at radius 1 is 1.38 bits per heavy atom. The first-order valence-electron chi connectivity index (χ1n) is 4.57. The van der Waals surface area contributed by atoms with E-state index in [0.717, 1.165) is 19.3 Å². The number of rotatable bonds is 0. The Hall–Kier alpha value is -0.810. The van der Waals surface area contributed by atoms with Gasteiger partial charge in [-0.15, -0.1) is 0 Å². The van der Waals surface area contributed by atoms with Crippen LogP contribution in [0.25, 0.3) is 0 Å². The third-order valence-corrected chi connectivity index (χ3v) is 3.19. The van der Waals surface area contributed by atoms with Crippen molar-refractivity contribution in [3.8, 4) is 0 Å². The van der Waals surface area contributed by atoms with Crippen LogP contribution in [0.3, 0.4) is 0 Å². The van der Waals surface area contributed by atoms with Gasteiger partial charge in [0.1, 0.15) is 0 Å². The standard InChI is InChI=1S/C8H15N3O2/c9-5-3-8(1-2-8)11(7(12)13)4-6(5)10/h5-6H,1-4,9-10H2,(H,12,13). The lowest BCUT2D eigenvalue weighted by Crippen LogP contribution is -2.61. The molecule has 0 aromatic rings. The molecule has 5 nitrogen and oxygen atoms in total. The van der Waals surface area contributed by atoms with Crippen LogP contribution in [-0.2, 0) is 0 Å². The predicted molar refractivity (Wildman–Crippen MR) is 47.3 cm³/mol. The van der Waals surface area contributed by atoms with Crippen molar-refractivity contribution in [3.63, 3.8) is 0 Å². The van der Waals surface area contributed by atoms with E-state index in [1.807, 2.05) is 0 Å². The Kier molecular flexibility index (Phi) is 1.75. The van der Waals surface area contributed by atoms with Gasteiger partial charge in [-0.1, -0.05) is 0 Å². The van der Waals surface area contributed by atoms with Gasteiger partial charge < -0.3 is 21.5 Å². The molecule has 2 aliphatic rings. The van der Waals surface area contributed by atoms with E-state index >= 15 is 0 Å². The summed E-state index contributed by atoms with van der Waals surface area (Å²) in [6.07, 6.45) is 1.75. The highest BCUT2D eigenvalue weighted by molar-refractivity contribution is 5.67. The summed E-state index contributed by atoms with van der Waals surface area (Å²) in [5.41, 5.74) is 11.4. The summed E-state index contributed by atoms with van der Waals surface area (Å²) in [6.45, 7) is 0.385. The molecule has 0 aromatic carbocycles. The lowest BCUT2D eigenvalue weighted by molar-refractivity contribution is 0.0839. The lowest BCUT2D eigenvalue weighted by atomic mass is 9.92. The molecule has 74 valence electrons. The molecule has 5 heteroatoms. The van der Waals surface area contributed by atoms with Crippen molar-refractivity contribution in [1.29, 1.82) is 0 Å². The highest BCUT2D eigenvalue weighted by atomic mass is 16.4. The molecular formula is C8H15N3O2. The molecule has 1 aliphatic carbocycles. The van der Waals surface area contributed by atoms with Gasteiger partial charge in [0.05, 0.1) is 0 Å². The molecule has 1 heterocycles. The van der Waals surface area contributed by atoms with Crippen LogP contribution in [0.15, 0.2) is 0 Å². The molecule has 1 saturated carbocycles. The lowest BCUT2D eigenvalue weighted by Gasteiger charge is -2.40. The Morgan fingerprint density at radius 3 is 2.46 bits per heavy atom. The first-order chi connectivity index (χ1) is 6.05. The topological polar surface area (TPSA) is 92.6 Å². The first kappa shape index (κ1) is 8.77. The van der Waals surface area contributed by atoms with Crippen LogP contribution in [0.4, 0.5) is 4.79 Å². The van der Waals surface area contributed by atoms with Crippen LogP contribution >= 0.6 is 0 Å². The fraction of sp³-hybridized carbons (Fsp3) is 0.875. The second-order valence-corrected chi connectivity index (χ2v) is 4.15. The SMILES string of the molecule is NC1CN(C(=O)O)C2(CC2)CC1N. The van der Waals surface area contributed by atoms with Gasteiger partial charge in [-0.2, -0.15) is 0 Å². The van der Waals surface area contributed by atoms with Gasteiger partial charge in [0.2, 0.25) is 0 Å². The summed E-state index contributed by atoms with van der Waals surface area (Å²) in [4.78, 5) is 12.4. The molecule has 2 unspecified atom stereocenters. The van der Waals surface area contributed by atoms with Crippen molar-refractivity contribution in [1.82, 2.24) is 4.90 Å². The molecule has 13 heavy (non-hydrogen) atoms. The van der Waals surface area contributed by atoms with Gasteiger partial charge in [0.15, 0.2) is 0 Å². The monoisotopic (exact) mass is 185 g/mol. The number of nitrogens with zero attached hydrogens (tertiary/aromatic N) is 1. The molecule has 2 rings (SSSR count). The summed E-state index contributed by atoms with van der Waals surface area (Å²) in [5, 5.41) is 8.95. The zero-order chi connectivity index (χ0) is 9.64. The van der Waals surface area contributed by atoms with E-state index in [2.05, 4.69) is 0 Å². The minimum atomic E-state index is -0.861. The zero-order valence-electron chi connectivity index (χ0n) is 7.44. The highest BCUT2D eigenvalue weighted by Crippen LogP contribution is 2.47. The maximum Gasteiger partial charge on any atom is 0.407 e. The number of nitrogens with two attached hydrogens (primary N) is 2. The molecule has 5 N–H and O–H groups in total. The second kappa shape index (κ2) is 2.59.